The summed E-state index contributed by atoms with van der Waals surface area (Å²) in [6.45, 7) is 7.49. The van der Waals surface area contributed by atoms with Crippen LogP contribution >= 0.6 is 24.2 Å². The minimum Gasteiger partial charge on any atom is -0.508 e. The van der Waals surface area contributed by atoms with Gasteiger partial charge in [0.05, 0.1) is 11.7 Å². The highest BCUT2D eigenvalue weighted by Gasteiger charge is 2.20. The van der Waals surface area contributed by atoms with Gasteiger partial charge in [-0.25, -0.2) is 0 Å². The van der Waals surface area contributed by atoms with Gasteiger partial charge in [0.25, 0.3) is 0 Å². The van der Waals surface area contributed by atoms with Crippen LogP contribution in [0.3, 0.4) is 0 Å². The van der Waals surface area contributed by atoms with E-state index in [0.717, 1.165) is 11.3 Å². The molecular formula is C23H29ClN2O3S. The second kappa shape index (κ2) is 12.3. The van der Waals surface area contributed by atoms with Gasteiger partial charge in [0.1, 0.15) is 11.5 Å². The molecule has 7 heteroatoms. The van der Waals surface area contributed by atoms with E-state index in [0.29, 0.717) is 41.6 Å². The first-order valence-electron chi connectivity index (χ1n) is 9.37. The zero-order chi connectivity index (χ0) is 21.4. The van der Waals surface area contributed by atoms with Gasteiger partial charge < -0.3 is 21.3 Å². The number of phenolic OH excluding ortho intramolecular Hbond substituents is 2. The molecule has 0 radical (unpaired) electrons. The average Bonchev–Trinajstić information content (AvgIpc) is 2.69. The number of hydrogen-bond donors (Lipinski definition) is 4. The zero-order valence-corrected chi connectivity index (χ0v) is 18.7. The molecule has 5 nitrogen and oxygen atoms in total. The molecule has 2 aromatic rings. The number of benzene rings is 2. The van der Waals surface area contributed by atoms with Crippen LogP contribution in [0.4, 0.5) is 5.69 Å². The molecule has 0 saturated heterocycles. The monoisotopic (exact) mass is 448 g/mol. The maximum Gasteiger partial charge on any atom is 0.241 e. The summed E-state index contributed by atoms with van der Waals surface area (Å²) in [5.41, 5.74) is 9.28. The van der Waals surface area contributed by atoms with E-state index in [4.69, 9.17) is 5.73 Å². The molecule has 2 aromatic carbocycles. The molecule has 1 unspecified atom stereocenters. The van der Waals surface area contributed by atoms with Crippen LogP contribution in [0.25, 0.3) is 11.1 Å². The van der Waals surface area contributed by atoms with Crippen LogP contribution in [-0.2, 0) is 17.6 Å². The van der Waals surface area contributed by atoms with Crippen molar-refractivity contribution in [3.63, 3.8) is 0 Å². The Hall–Kier alpha value is -2.41. The van der Waals surface area contributed by atoms with E-state index in [1.54, 1.807) is 30.0 Å². The SMILES string of the molecule is C=CCc1cc(-c2cccc(CC=C)c2NC(=O)C(N)CCSC)c(O)cc1O.Cl. The number of para-hydroxylation sites is 1. The second-order valence-electron chi connectivity index (χ2n) is 6.70. The lowest BCUT2D eigenvalue weighted by Gasteiger charge is -2.19. The van der Waals surface area contributed by atoms with Gasteiger partial charge in [0, 0.05) is 17.2 Å². The summed E-state index contributed by atoms with van der Waals surface area (Å²) >= 11 is 1.64. The highest BCUT2D eigenvalue weighted by atomic mass is 35.5. The first kappa shape index (κ1) is 25.6. The molecule has 0 fully saturated rings. The molecule has 0 aliphatic rings. The predicted molar refractivity (Wildman–Crippen MR) is 130 cm³/mol. The number of carbonyl (C=O) groups is 1. The molecule has 1 amide bonds. The summed E-state index contributed by atoms with van der Waals surface area (Å²) in [5, 5.41) is 23.5. The number of halogens is 1. The van der Waals surface area contributed by atoms with Crippen LogP contribution in [-0.4, -0.2) is 34.2 Å². The highest BCUT2D eigenvalue weighted by molar-refractivity contribution is 7.98. The maximum absolute atomic E-state index is 12.7. The lowest BCUT2D eigenvalue weighted by Crippen LogP contribution is -2.36. The normalized spacial score (nSPS) is 11.3. The largest absolute Gasteiger partial charge is 0.508 e. The van der Waals surface area contributed by atoms with Gasteiger partial charge in [0.15, 0.2) is 0 Å². The summed E-state index contributed by atoms with van der Waals surface area (Å²) < 4.78 is 0. The van der Waals surface area contributed by atoms with Crippen molar-refractivity contribution in [1.82, 2.24) is 0 Å². The molecule has 1 atom stereocenters. The predicted octanol–water partition coefficient (Wildman–Crippen LogP) is 4.66. The number of nitrogens with one attached hydrogen (secondary N) is 1. The Kier molecular flexibility index (Phi) is 10.5. The third-order valence-electron chi connectivity index (χ3n) is 4.58. The quantitative estimate of drug-likeness (QED) is 0.396. The van der Waals surface area contributed by atoms with Gasteiger partial charge in [0.2, 0.25) is 5.91 Å². The third-order valence-corrected chi connectivity index (χ3v) is 5.23. The van der Waals surface area contributed by atoms with Gasteiger partial charge in [-0.15, -0.1) is 25.6 Å². The number of phenols is 2. The van der Waals surface area contributed by atoms with Crippen LogP contribution in [0.1, 0.15) is 17.5 Å². The van der Waals surface area contributed by atoms with E-state index in [9.17, 15) is 15.0 Å². The number of thioether (sulfide) groups is 1. The number of hydrogen-bond acceptors (Lipinski definition) is 5. The smallest absolute Gasteiger partial charge is 0.241 e. The number of anilines is 1. The van der Waals surface area contributed by atoms with E-state index in [2.05, 4.69) is 18.5 Å². The van der Waals surface area contributed by atoms with Crippen LogP contribution in [0, 0.1) is 0 Å². The molecule has 0 saturated carbocycles. The number of nitrogens with two attached hydrogens (primary N) is 1. The molecule has 30 heavy (non-hydrogen) atoms. The maximum atomic E-state index is 12.7. The highest BCUT2D eigenvalue weighted by Crippen LogP contribution is 2.40. The molecule has 5 N–H and O–H groups in total. The van der Waals surface area contributed by atoms with Gasteiger partial charge in [-0.3, -0.25) is 4.79 Å². The molecule has 0 aliphatic carbocycles. The fourth-order valence-electron chi connectivity index (χ4n) is 3.05. The Bertz CT molecular complexity index is 902. The molecular weight excluding hydrogens is 420 g/mol. The topological polar surface area (TPSA) is 95.6 Å². The molecule has 0 aromatic heterocycles. The standard InChI is InChI=1S/C23H28N2O3S.ClH/c1-4-7-15-9-6-10-17(22(15)25-23(28)19(24)11-12-29-3)18-13-16(8-5-2)20(26)14-21(18)27;/h4-6,9-10,13-14,19,26-27H,1-2,7-8,11-12,24H2,3H3,(H,25,28);1H. The van der Waals surface area contributed by atoms with E-state index in [-0.39, 0.29) is 29.8 Å². The van der Waals surface area contributed by atoms with Crippen LogP contribution in [0.2, 0.25) is 0 Å². The Morgan fingerprint density at radius 1 is 1.13 bits per heavy atom. The molecule has 0 aliphatic heterocycles. The van der Waals surface area contributed by atoms with Crippen molar-refractivity contribution >= 4 is 35.8 Å². The summed E-state index contributed by atoms with van der Waals surface area (Å²) in [6.07, 6.45) is 6.96. The van der Waals surface area contributed by atoms with Crippen molar-refractivity contribution in [3.8, 4) is 22.6 Å². The minimum atomic E-state index is -0.628. The van der Waals surface area contributed by atoms with Gasteiger partial charge in [-0.1, -0.05) is 30.4 Å². The third kappa shape index (κ3) is 6.29. The Balaban J connectivity index is 0.00000450. The number of carbonyl (C=O) groups excluding carboxylic acids is 1. The van der Waals surface area contributed by atoms with Crippen molar-refractivity contribution in [2.24, 2.45) is 5.73 Å². The van der Waals surface area contributed by atoms with Crippen molar-refractivity contribution < 1.29 is 15.0 Å². The van der Waals surface area contributed by atoms with E-state index < -0.39 is 6.04 Å². The Labute approximate surface area is 188 Å². The number of aromatic hydroxyl groups is 2. The lowest BCUT2D eigenvalue weighted by atomic mass is 9.95. The molecule has 162 valence electrons. The fraction of sp³-hybridized carbons (Fsp3) is 0.261. The van der Waals surface area contributed by atoms with Crippen molar-refractivity contribution in [2.45, 2.75) is 25.3 Å². The van der Waals surface area contributed by atoms with Crippen molar-refractivity contribution in [2.75, 3.05) is 17.3 Å². The van der Waals surface area contributed by atoms with Crippen LogP contribution in [0.5, 0.6) is 11.5 Å². The molecule has 0 bridgehead atoms. The Morgan fingerprint density at radius 3 is 2.43 bits per heavy atom. The summed E-state index contributed by atoms with van der Waals surface area (Å²) in [6, 6.07) is 7.97. The summed E-state index contributed by atoms with van der Waals surface area (Å²) in [7, 11) is 0. The number of rotatable bonds is 10. The van der Waals surface area contributed by atoms with E-state index >= 15 is 0 Å². The van der Waals surface area contributed by atoms with E-state index in [1.807, 2.05) is 24.5 Å². The van der Waals surface area contributed by atoms with Gasteiger partial charge in [-0.2, -0.15) is 11.8 Å². The first-order chi connectivity index (χ1) is 13.9. The zero-order valence-electron chi connectivity index (χ0n) is 17.1. The van der Waals surface area contributed by atoms with Crippen LogP contribution < -0.4 is 11.1 Å². The number of allylic oxidation sites excluding steroid dienone is 2. The van der Waals surface area contributed by atoms with Gasteiger partial charge >= 0.3 is 0 Å². The minimum absolute atomic E-state index is 0. The molecule has 0 spiro atoms. The first-order valence-corrected chi connectivity index (χ1v) is 10.8. The molecule has 2 rings (SSSR count). The fourth-order valence-corrected chi connectivity index (χ4v) is 3.54. The lowest BCUT2D eigenvalue weighted by molar-refractivity contribution is -0.117. The summed E-state index contributed by atoms with van der Waals surface area (Å²) in [5.74, 6) is 0.437. The van der Waals surface area contributed by atoms with Crippen molar-refractivity contribution in [3.05, 3.63) is 66.8 Å². The average molecular weight is 449 g/mol. The van der Waals surface area contributed by atoms with Crippen LogP contribution in [0.15, 0.2) is 55.6 Å². The Morgan fingerprint density at radius 2 is 1.80 bits per heavy atom. The number of amides is 1. The summed E-state index contributed by atoms with van der Waals surface area (Å²) in [4.78, 5) is 12.7. The van der Waals surface area contributed by atoms with Gasteiger partial charge in [-0.05, 0) is 48.5 Å². The van der Waals surface area contributed by atoms with Crippen molar-refractivity contribution in [1.29, 1.82) is 0 Å². The van der Waals surface area contributed by atoms with E-state index in [1.165, 1.54) is 6.07 Å². The molecule has 0 heterocycles. The second-order valence-corrected chi connectivity index (χ2v) is 7.69.